The number of rotatable bonds is 5. The number of ether oxygens (including phenoxy) is 1. The van der Waals surface area contributed by atoms with E-state index in [2.05, 4.69) is 15.6 Å². The Kier molecular flexibility index (Phi) is 4.75. The van der Waals surface area contributed by atoms with Gasteiger partial charge in [0.15, 0.2) is 5.82 Å². The van der Waals surface area contributed by atoms with Gasteiger partial charge < -0.3 is 10.6 Å². The summed E-state index contributed by atoms with van der Waals surface area (Å²) >= 11 is 12.0. The highest BCUT2D eigenvalue weighted by Crippen LogP contribution is 2.24. The van der Waals surface area contributed by atoms with E-state index in [4.69, 9.17) is 39.6 Å². The SMILES string of the molecule is NNc1nnc(-c2ccc(OCc3ccc(Cl)cc3Cl)cc2)n1N. The van der Waals surface area contributed by atoms with Gasteiger partial charge in [-0.2, -0.15) is 0 Å². The Hall–Kier alpha value is -2.48. The van der Waals surface area contributed by atoms with Gasteiger partial charge in [0.2, 0.25) is 0 Å². The Morgan fingerprint density at radius 3 is 2.46 bits per heavy atom. The Morgan fingerprint density at radius 2 is 1.83 bits per heavy atom. The molecule has 0 fully saturated rings. The summed E-state index contributed by atoms with van der Waals surface area (Å²) < 4.78 is 6.99. The minimum Gasteiger partial charge on any atom is -0.489 e. The second-order valence-corrected chi connectivity index (χ2v) is 5.75. The summed E-state index contributed by atoms with van der Waals surface area (Å²) in [5.41, 5.74) is 4.00. The number of benzene rings is 2. The molecule has 0 saturated heterocycles. The first-order valence-electron chi connectivity index (χ1n) is 6.93. The summed E-state index contributed by atoms with van der Waals surface area (Å²) in [6.07, 6.45) is 0. The van der Waals surface area contributed by atoms with Crippen molar-refractivity contribution in [2.45, 2.75) is 6.61 Å². The van der Waals surface area contributed by atoms with Crippen LogP contribution < -0.4 is 21.8 Å². The summed E-state index contributed by atoms with van der Waals surface area (Å²) in [6.45, 7) is 0.337. The second-order valence-electron chi connectivity index (χ2n) is 4.91. The fourth-order valence-electron chi connectivity index (χ4n) is 2.09. The van der Waals surface area contributed by atoms with Gasteiger partial charge in [-0.1, -0.05) is 29.3 Å². The van der Waals surface area contributed by atoms with Crippen LogP contribution in [0.4, 0.5) is 5.95 Å². The summed E-state index contributed by atoms with van der Waals surface area (Å²) in [4.78, 5) is 0. The van der Waals surface area contributed by atoms with Crippen LogP contribution in [0.1, 0.15) is 5.56 Å². The van der Waals surface area contributed by atoms with Crippen molar-refractivity contribution in [3.8, 4) is 17.1 Å². The minimum absolute atomic E-state index is 0.266. The number of halogens is 2. The molecule has 24 heavy (non-hydrogen) atoms. The summed E-state index contributed by atoms with van der Waals surface area (Å²) in [5, 5.41) is 8.95. The first-order valence-corrected chi connectivity index (χ1v) is 7.68. The van der Waals surface area contributed by atoms with Gasteiger partial charge in [0.05, 0.1) is 0 Å². The molecule has 124 valence electrons. The quantitative estimate of drug-likeness (QED) is 0.475. The fourth-order valence-corrected chi connectivity index (χ4v) is 2.55. The Morgan fingerprint density at radius 1 is 1.08 bits per heavy atom. The van der Waals surface area contributed by atoms with Crippen LogP contribution in [0.5, 0.6) is 5.75 Å². The normalized spacial score (nSPS) is 10.6. The van der Waals surface area contributed by atoms with E-state index in [9.17, 15) is 0 Å². The lowest BCUT2D eigenvalue weighted by Gasteiger charge is -2.09. The monoisotopic (exact) mass is 364 g/mol. The lowest BCUT2D eigenvalue weighted by molar-refractivity contribution is 0.306. The van der Waals surface area contributed by atoms with Gasteiger partial charge in [-0.25, -0.2) is 10.5 Å². The average molecular weight is 365 g/mol. The largest absolute Gasteiger partial charge is 0.489 e. The van der Waals surface area contributed by atoms with Crippen molar-refractivity contribution in [2.75, 3.05) is 11.3 Å². The molecular formula is C15H14Cl2N6O. The molecule has 3 rings (SSSR count). The molecule has 0 atom stereocenters. The zero-order valence-corrected chi connectivity index (χ0v) is 13.9. The van der Waals surface area contributed by atoms with Crippen LogP contribution in [0.15, 0.2) is 42.5 Å². The van der Waals surface area contributed by atoms with Crippen LogP contribution in [0.3, 0.4) is 0 Å². The number of nitrogens with one attached hydrogen (secondary N) is 1. The molecule has 3 aromatic rings. The van der Waals surface area contributed by atoms with Gasteiger partial charge in [0.1, 0.15) is 12.4 Å². The van der Waals surface area contributed by atoms with E-state index < -0.39 is 0 Å². The van der Waals surface area contributed by atoms with E-state index in [1.54, 1.807) is 12.1 Å². The topological polar surface area (TPSA) is 104 Å². The molecule has 0 amide bonds. The van der Waals surface area contributed by atoms with Gasteiger partial charge >= 0.3 is 0 Å². The van der Waals surface area contributed by atoms with Gasteiger partial charge in [0, 0.05) is 21.2 Å². The highest BCUT2D eigenvalue weighted by Gasteiger charge is 2.10. The van der Waals surface area contributed by atoms with Crippen molar-refractivity contribution in [2.24, 2.45) is 5.84 Å². The molecule has 9 heteroatoms. The van der Waals surface area contributed by atoms with Crippen LogP contribution >= 0.6 is 23.2 Å². The number of nitrogens with two attached hydrogens (primary N) is 2. The van der Waals surface area contributed by atoms with Crippen molar-refractivity contribution >= 4 is 29.2 Å². The Balaban J connectivity index is 1.71. The third-order valence-corrected chi connectivity index (χ3v) is 3.93. The van der Waals surface area contributed by atoms with Crippen molar-refractivity contribution < 1.29 is 4.74 Å². The van der Waals surface area contributed by atoms with Gasteiger partial charge in [-0.05, 0) is 36.4 Å². The Labute approximate surface area is 148 Å². The van der Waals surface area contributed by atoms with Crippen LogP contribution in [0.2, 0.25) is 10.0 Å². The van der Waals surface area contributed by atoms with Gasteiger partial charge in [0.25, 0.3) is 5.95 Å². The second kappa shape index (κ2) is 6.96. The van der Waals surface area contributed by atoms with E-state index in [0.717, 1.165) is 11.1 Å². The predicted molar refractivity (Wildman–Crippen MR) is 94.2 cm³/mol. The summed E-state index contributed by atoms with van der Waals surface area (Å²) in [7, 11) is 0. The number of nitrogens with zero attached hydrogens (tertiary/aromatic N) is 3. The highest BCUT2D eigenvalue weighted by molar-refractivity contribution is 6.35. The molecule has 7 nitrogen and oxygen atoms in total. The molecule has 0 aliphatic rings. The maximum Gasteiger partial charge on any atom is 0.257 e. The van der Waals surface area contributed by atoms with Gasteiger partial charge in [-0.15, -0.1) is 10.2 Å². The number of aromatic nitrogens is 3. The molecule has 2 aromatic carbocycles. The van der Waals surface area contributed by atoms with Crippen molar-refractivity contribution in [1.82, 2.24) is 14.9 Å². The van der Waals surface area contributed by atoms with E-state index in [-0.39, 0.29) is 5.95 Å². The smallest absolute Gasteiger partial charge is 0.257 e. The number of anilines is 1. The number of hydrogen-bond acceptors (Lipinski definition) is 6. The van der Waals surface area contributed by atoms with Crippen LogP contribution in [-0.2, 0) is 6.61 Å². The molecule has 0 bridgehead atoms. The minimum atomic E-state index is 0.266. The van der Waals surface area contributed by atoms with Crippen LogP contribution in [-0.4, -0.2) is 14.9 Å². The molecule has 0 radical (unpaired) electrons. The third-order valence-electron chi connectivity index (χ3n) is 3.35. The maximum atomic E-state index is 6.12. The summed E-state index contributed by atoms with van der Waals surface area (Å²) in [6, 6.07) is 12.6. The molecule has 0 saturated carbocycles. The van der Waals surface area contributed by atoms with Crippen molar-refractivity contribution in [3.05, 3.63) is 58.1 Å². The molecule has 1 aromatic heterocycles. The van der Waals surface area contributed by atoms with Crippen molar-refractivity contribution in [3.63, 3.8) is 0 Å². The number of hydrogen-bond donors (Lipinski definition) is 3. The molecule has 1 heterocycles. The van der Waals surface area contributed by atoms with Gasteiger partial charge in [-0.3, -0.25) is 5.43 Å². The molecule has 0 aliphatic carbocycles. The number of hydrazine groups is 1. The first kappa shape index (κ1) is 16.4. The molecule has 0 spiro atoms. The predicted octanol–water partition coefficient (Wildman–Crippen LogP) is 2.83. The lowest BCUT2D eigenvalue weighted by Crippen LogP contribution is -2.18. The zero-order valence-electron chi connectivity index (χ0n) is 12.4. The maximum absolute atomic E-state index is 6.12. The summed E-state index contributed by atoms with van der Waals surface area (Å²) in [5.74, 6) is 12.6. The van der Waals surface area contributed by atoms with E-state index in [1.807, 2.05) is 30.3 Å². The highest BCUT2D eigenvalue weighted by atomic mass is 35.5. The molecule has 5 N–H and O–H groups in total. The Bertz CT molecular complexity index is 850. The third kappa shape index (κ3) is 3.38. The zero-order chi connectivity index (χ0) is 17.1. The fraction of sp³-hybridized carbons (Fsp3) is 0.0667. The van der Waals surface area contributed by atoms with Crippen molar-refractivity contribution in [1.29, 1.82) is 0 Å². The lowest BCUT2D eigenvalue weighted by atomic mass is 10.2. The van der Waals surface area contributed by atoms with Crippen LogP contribution in [0, 0.1) is 0 Å². The van der Waals surface area contributed by atoms with E-state index in [1.165, 1.54) is 4.68 Å². The van der Waals surface area contributed by atoms with E-state index in [0.29, 0.717) is 28.2 Å². The number of nitrogen functional groups attached to an aromatic ring is 2. The molecule has 0 unspecified atom stereocenters. The van der Waals surface area contributed by atoms with E-state index >= 15 is 0 Å². The molecular weight excluding hydrogens is 351 g/mol. The average Bonchev–Trinajstić information content (AvgIpc) is 2.95. The van der Waals surface area contributed by atoms with Crippen LogP contribution in [0.25, 0.3) is 11.4 Å². The first-order chi connectivity index (χ1) is 11.6. The standard InChI is InChI=1S/C15H14Cl2N6O/c16-11-4-1-10(13(17)7-11)8-24-12-5-2-9(3-6-12)14-21-22-15(20-18)23(14)19/h1-7H,8,18-19H2,(H,20,22). The molecule has 0 aliphatic heterocycles.